The Labute approximate surface area is 118 Å². The molecule has 1 saturated heterocycles. The van der Waals surface area contributed by atoms with Crippen molar-refractivity contribution in [2.24, 2.45) is 17.3 Å². The van der Waals surface area contributed by atoms with E-state index in [-0.39, 0.29) is 11.3 Å². The number of piperidine rings is 1. The van der Waals surface area contributed by atoms with Crippen LogP contribution in [0.25, 0.3) is 0 Å². The fourth-order valence-corrected chi connectivity index (χ4v) is 3.16. The molecule has 0 aromatic rings. The number of rotatable bonds is 3. The predicted molar refractivity (Wildman–Crippen MR) is 78.9 cm³/mol. The molecule has 2 unspecified atom stereocenters. The molecule has 2 atom stereocenters. The van der Waals surface area contributed by atoms with E-state index in [1.807, 2.05) is 20.8 Å². The summed E-state index contributed by atoms with van der Waals surface area (Å²) in [7, 11) is 0. The van der Waals surface area contributed by atoms with Gasteiger partial charge in [-0.15, -0.1) is 0 Å². The number of carbonyl (C=O) groups is 1. The Morgan fingerprint density at radius 3 is 2.47 bits per heavy atom. The number of hydrogen-bond donors (Lipinski definition) is 1. The van der Waals surface area contributed by atoms with Gasteiger partial charge in [0.15, 0.2) is 0 Å². The molecule has 1 heterocycles. The van der Waals surface area contributed by atoms with Crippen molar-refractivity contribution in [1.29, 1.82) is 0 Å². The molecule has 0 aromatic carbocycles. The molecule has 19 heavy (non-hydrogen) atoms. The average molecular weight is 266 g/mol. The first-order valence-corrected chi connectivity index (χ1v) is 7.88. The van der Waals surface area contributed by atoms with Crippen LogP contribution in [0.15, 0.2) is 0 Å². The fraction of sp³-hybridized carbons (Fsp3) is 0.938. The van der Waals surface area contributed by atoms with Crippen LogP contribution >= 0.6 is 0 Å². The van der Waals surface area contributed by atoms with E-state index in [4.69, 9.17) is 0 Å². The van der Waals surface area contributed by atoms with E-state index in [1.165, 1.54) is 32.4 Å². The van der Waals surface area contributed by atoms with E-state index < -0.39 is 0 Å². The van der Waals surface area contributed by atoms with Gasteiger partial charge in [0, 0.05) is 31.1 Å². The summed E-state index contributed by atoms with van der Waals surface area (Å²) in [5.41, 5.74) is -0.278. The van der Waals surface area contributed by atoms with Gasteiger partial charge in [0.1, 0.15) is 0 Å². The zero-order valence-corrected chi connectivity index (χ0v) is 13.0. The van der Waals surface area contributed by atoms with Gasteiger partial charge in [-0.2, -0.15) is 0 Å². The van der Waals surface area contributed by atoms with E-state index >= 15 is 0 Å². The number of amides is 1. The van der Waals surface area contributed by atoms with Crippen LogP contribution in [0.1, 0.15) is 53.4 Å². The summed E-state index contributed by atoms with van der Waals surface area (Å²) in [6.45, 7) is 11.8. The second-order valence-electron chi connectivity index (χ2n) is 7.78. The molecule has 3 heteroatoms. The van der Waals surface area contributed by atoms with Crippen LogP contribution in [0.5, 0.6) is 0 Å². The number of nitrogens with one attached hydrogen (secondary N) is 1. The van der Waals surface area contributed by atoms with E-state index in [2.05, 4.69) is 17.1 Å². The first kappa shape index (κ1) is 14.8. The first-order chi connectivity index (χ1) is 8.84. The molecular formula is C16H30N2O. The molecule has 1 saturated carbocycles. The maximum absolute atomic E-state index is 12.1. The molecule has 1 aliphatic carbocycles. The van der Waals surface area contributed by atoms with Crippen LogP contribution in [-0.4, -0.2) is 36.5 Å². The zero-order valence-electron chi connectivity index (χ0n) is 13.0. The first-order valence-electron chi connectivity index (χ1n) is 7.88. The smallest absolute Gasteiger partial charge is 0.225 e. The van der Waals surface area contributed by atoms with Crippen molar-refractivity contribution in [1.82, 2.24) is 10.2 Å². The number of likely N-dealkylation sites (tertiary alicyclic amines) is 1. The lowest BCUT2D eigenvalue weighted by molar-refractivity contribution is -0.129. The summed E-state index contributed by atoms with van der Waals surface area (Å²) in [6.07, 6.45) is 5.36. The zero-order chi connectivity index (χ0) is 14.0. The van der Waals surface area contributed by atoms with Crippen molar-refractivity contribution in [2.75, 3.05) is 19.6 Å². The molecule has 2 rings (SSSR count). The Kier molecular flexibility index (Phi) is 4.54. The molecule has 2 aliphatic rings. The van der Waals surface area contributed by atoms with Gasteiger partial charge in [0.2, 0.25) is 5.91 Å². The van der Waals surface area contributed by atoms with Crippen LogP contribution in [0.3, 0.4) is 0 Å². The lowest BCUT2D eigenvalue weighted by Gasteiger charge is -2.40. The predicted octanol–water partition coefficient (Wildman–Crippen LogP) is 2.66. The van der Waals surface area contributed by atoms with Gasteiger partial charge >= 0.3 is 0 Å². The van der Waals surface area contributed by atoms with Gasteiger partial charge < -0.3 is 10.2 Å². The number of hydrogen-bond acceptors (Lipinski definition) is 2. The highest BCUT2D eigenvalue weighted by Crippen LogP contribution is 2.29. The summed E-state index contributed by atoms with van der Waals surface area (Å²) in [5, 5.41) is 3.25. The number of nitrogens with zero attached hydrogens (tertiary/aromatic N) is 1. The van der Waals surface area contributed by atoms with Crippen LogP contribution in [0.4, 0.5) is 0 Å². The van der Waals surface area contributed by atoms with Crippen LogP contribution < -0.4 is 5.32 Å². The van der Waals surface area contributed by atoms with Crippen molar-refractivity contribution in [2.45, 2.75) is 59.4 Å². The lowest BCUT2D eigenvalue weighted by atomic mass is 9.84. The van der Waals surface area contributed by atoms with E-state index in [9.17, 15) is 4.79 Å². The van der Waals surface area contributed by atoms with Crippen molar-refractivity contribution in [3.63, 3.8) is 0 Å². The Morgan fingerprint density at radius 2 is 1.95 bits per heavy atom. The van der Waals surface area contributed by atoms with Crippen LogP contribution in [0, 0.1) is 17.3 Å². The van der Waals surface area contributed by atoms with Gasteiger partial charge in [0.05, 0.1) is 0 Å². The molecule has 1 aliphatic heterocycles. The Morgan fingerprint density at radius 1 is 1.26 bits per heavy atom. The average Bonchev–Trinajstić information content (AvgIpc) is 2.21. The van der Waals surface area contributed by atoms with Crippen molar-refractivity contribution in [3.05, 3.63) is 0 Å². The van der Waals surface area contributed by atoms with Gasteiger partial charge in [-0.05, 0) is 31.1 Å². The summed E-state index contributed by atoms with van der Waals surface area (Å²) >= 11 is 0. The monoisotopic (exact) mass is 266 g/mol. The summed E-state index contributed by atoms with van der Waals surface area (Å²) in [6, 6.07) is 0.343. The third-order valence-corrected chi connectivity index (χ3v) is 4.49. The molecule has 110 valence electrons. The minimum absolute atomic E-state index is 0.190. The van der Waals surface area contributed by atoms with Crippen LogP contribution in [-0.2, 0) is 4.79 Å². The normalized spacial score (nSPS) is 29.9. The molecule has 1 N–H and O–H groups in total. The summed E-state index contributed by atoms with van der Waals surface area (Å²) in [4.78, 5) is 14.7. The topological polar surface area (TPSA) is 32.3 Å². The van der Waals surface area contributed by atoms with E-state index in [0.29, 0.717) is 12.0 Å². The molecule has 3 nitrogen and oxygen atoms in total. The molecule has 0 aromatic heterocycles. The van der Waals surface area contributed by atoms with Gasteiger partial charge in [-0.1, -0.05) is 34.1 Å². The minimum Gasteiger partial charge on any atom is -0.352 e. The molecule has 0 bridgehead atoms. The Balaban J connectivity index is 1.84. The molecule has 1 amide bonds. The molecule has 2 fully saturated rings. The van der Waals surface area contributed by atoms with Gasteiger partial charge in [-0.3, -0.25) is 4.79 Å². The Hall–Kier alpha value is -0.570. The van der Waals surface area contributed by atoms with Crippen molar-refractivity contribution in [3.8, 4) is 0 Å². The van der Waals surface area contributed by atoms with Crippen molar-refractivity contribution < 1.29 is 4.79 Å². The second-order valence-corrected chi connectivity index (χ2v) is 7.78. The highest BCUT2D eigenvalue weighted by Gasteiger charge is 2.31. The van der Waals surface area contributed by atoms with Crippen molar-refractivity contribution >= 4 is 5.91 Å². The highest BCUT2D eigenvalue weighted by molar-refractivity contribution is 5.81. The molecular weight excluding hydrogens is 236 g/mol. The SMILES string of the molecule is CC1CC(NC(=O)C(C)(C)C)CN(CC2CCC2)C1. The standard InChI is InChI=1S/C16H30N2O/c1-12-8-14(17-15(19)16(2,3)4)11-18(9-12)10-13-6-5-7-13/h12-14H,5-11H2,1-4H3,(H,17,19). The maximum Gasteiger partial charge on any atom is 0.225 e. The maximum atomic E-state index is 12.1. The lowest BCUT2D eigenvalue weighted by Crippen LogP contribution is -2.53. The molecule has 0 radical (unpaired) electrons. The largest absolute Gasteiger partial charge is 0.352 e. The molecule has 0 spiro atoms. The van der Waals surface area contributed by atoms with Gasteiger partial charge in [-0.25, -0.2) is 0 Å². The summed E-state index contributed by atoms with van der Waals surface area (Å²) in [5.74, 6) is 1.80. The number of carbonyl (C=O) groups excluding carboxylic acids is 1. The van der Waals surface area contributed by atoms with E-state index in [1.54, 1.807) is 0 Å². The quantitative estimate of drug-likeness (QED) is 0.852. The highest BCUT2D eigenvalue weighted by atomic mass is 16.2. The van der Waals surface area contributed by atoms with E-state index in [0.717, 1.165) is 18.9 Å². The fourth-order valence-electron chi connectivity index (χ4n) is 3.16. The third kappa shape index (κ3) is 4.20. The van der Waals surface area contributed by atoms with Gasteiger partial charge in [0.25, 0.3) is 0 Å². The minimum atomic E-state index is -0.278. The Bertz CT molecular complexity index is 317. The third-order valence-electron chi connectivity index (χ3n) is 4.49. The second kappa shape index (κ2) is 5.82. The summed E-state index contributed by atoms with van der Waals surface area (Å²) < 4.78 is 0. The van der Waals surface area contributed by atoms with Crippen LogP contribution in [0.2, 0.25) is 0 Å².